The van der Waals surface area contributed by atoms with E-state index in [4.69, 9.17) is 4.98 Å². The largest absolute Gasteiger partial charge is 0.468 e. The molecule has 170 valence electrons. The van der Waals surface area contributed by atoms with Gasteiger partial charge in [0.15, 0.2) is 0 Å². The molecule has 0 spiro atoms. The molecule has 34 heavy (non-hydrogen) atoms. The molecule has 1 heterocycles. The standard InChI is InChI=1S/C27H23N3O4/c1-17-7-9-18(10-8-17)24-15-22(21-5-3-4-6-23(21)30-24)27(33)29-20-13-11-19(12-14-20)26(32)28-16-25(31)34-2/h3-15H,16H2,1-2H3,(H,28,32)(H,29,33). The van der Waals surface area contributed by atoms with Gasteiger partial charge in [0.2, 0.25) is 0 Å². The molecule has 0 saturated heterocycles. The first-order chi connectivity index (χ1) is 16.4. The molecule has 0 unspecified atom stereocenters. The van der Waals surface area contributed by atoms with Gasteiger partial charge in [-0.25, -0.2) is 4.98 Å². The molecule has 2 N–H and O–H groups in total. The molecule has 4 rings (SSSR count). The highest BCUT2D eigenvalue weighted by Crippen LogP contribution is 2.26. The van der Waals surface area contributed by atoms with E-state index in [1.54, 1.807) is 30.3 Å². The van der Waals surface area contributed by atoms with Crippen LogP contribution >= 0.6 is 0 Å². The van der Waals surface area contributed by atoms with Gasteiger partial charge in [0.1, 0.15) is 6.54 Å². The molecule has 4 aromatic rings. The topological polar surface area (TPSA) is 97.4 Å². The van der Waals surface area contributed by atoms with E-state index in [2.05, 4.69) is 15.4 Å². The summed E-state index contributed by atoms with van der Waals surface area (Å²) < 4.78 is 4.51. The summed E-state index contributed by atoms with van der Waals surface area (Å²) in [5.41, 5.74) is 4.90. The average molecular weight is 453 g/mol. The van der Waals surface area contributed by atoms with Crippen LogP contribution in [0.15, 0.2) is 78.9 Å². The fourth-order valence-corrected chi connectivity index (χ4v) is 3.47. The van der Waals surface area contributed by atoms with Crippen molar-refractivity contribution >= 4 is 34.4 Å². The van der Waals surface area contributed by atoms with Crippen molar-refractivity contribution in [2.75, 3.05) is 19.0 Å². The Bertz CT molecular complexity index is 1360. The highest BCUT2D eigenvalue weighted by molar-refractivity contribution is 6.13. The van der Waals surface area contributed by atoms with Crippen LogP contribution in [0.25, 0.3) is 22.2 Å². The number of amides is 2. The first-order valence-corrected chi connectivity index (χ1v) is 10.7. The Morgan fingerprint density at radius 2 is 1.59 bits per heavy atom. The maximum atomic E-state index is 13.2. The van der Waals surface area contributed by atoms with E-state index in [-0.39, 0.29) is 12.5 Å². The molecule has 0 aliphatic carbocycles. The summed E-state index contributed by atoms with van der Waals surface area (Å²) in [7, 11) is 1.25. The number of ether oxygens (including phenoxy) is 1. The summed E-state index contributed by atoms with van der Waals surface area (Å²) in [6, 6.07) is 23.7. The third-order valence-electron chi connectivity index (χ3n) is 5.33. The average Bonchev–Trinajstić information content (AvgIpc) is 2.87. The second-order valence-electron chi connectivity index (χ2n) is 7.73. The van der Waals surface area contributed by atoms with Crippen molar-refractivity contribution in [1.82, 2.24) is 10.3 Å². The normalized spacial score (nSPS) is 10.5. The fourth-order valence-electron chi connectivity index (χ4n) is 3.47. The minimum Gasteiger partial charge on any atom is -0.468 e. The Morgan fingerprint density at radius 3 is 2.29 bits per heavy atom. The summed E-state index contributed by atoms with van der Waals surface area (Å²) in [5, 5.41) is 6.11. The van der Waals surface area contributed by atoms with Crippen molar-refractivity contribution < 1.29 is 19.1 Å². The number of para-hydroxylation sites is 1. The molecule has 7 heteroatoms. The maximum Gasteiger partial charge on any atom is 0.325 e. The number of pyridine rings is 1. The van der Waals surface area contributed by atoms with Crippen LogP contribution in [-0.2, 0) is 9.53 Å². The van der Waals surface area contributed by atoms with Crippen molar-refractivity contribution in [2.45, 2.75) is 6.92 Å². The highest BCUT2D eigenvalue weighted by Gasteiger charge is 2.15. The van der Waals surface area contributed by atoms with Crippen molar-refractivity contribution in [1.29, 1.82) is 0 Å². The molecule has 0 saturated carbocycles. The van der Waals surface area contributed by atoms with Crippen LogP contribution in [-0.4, -0.2) is 36.4 Å². The smallest absolute Gasteiger partial charge is 0.325 e. The molecule has 1 aromatic heterocycles. The number of carbonyl (C=O) groups excluding carboxylic acids is 3. The van der Waals surface area contributed by atoms with Gasteiger partial charge in [0.05, 0.1) is 23.9 Å². The zero-order valence-electron chi connectivity index (χ0n) is 18.8. The molecule has 0 radical (unpaired) electrons. The molecule has 0 bridgehead atoms. The highest BCUT2D eigenvalue weighted by atomic mass is 16.5. The van der Waals surface area contributed by atoms with E-state index in [0.29, 0.717) is 22.5 Å². The second kappa shape index (κ2) is 9.95. The van der Waals surface area contributed by atoms with Crippen molar-refractivity contribution in [3.05, 3.63) is 95.6 Å². The lowest BCUT2D eigenvalue weighted by atomic mass is 10.0. The molecule has 2 amide bonds. The molecule has 0 fully saturated rings. The lowest BCUT2D eigenvalue weighted by Gasteiger charge is -2.11. The van der Waals surface area contributed by atoms with Gasteiger partial charge in [0.25, 0.3) is 11.8 Å². The molecule has 0 aliphatic heterocycles. The van der Waals surface area contributed by atoms with Crippen LogP contribution in [0.2, 0.25) is 0 Å². The number of hydrogen-bond donors (Lipinski definition) is 2. The number of anilines is 1. The molecule has 3 aromatic carbocycles. The predicted molar refractivity (Wildman–Crippen MR) is 131 cm³/mol. The summed E-state index contributed by atoms with van der Waals surface area (Å²) >= 11 is 0. The van der Waals surface area contributed by atoms with E-state index in [1.165, 1.54) is 7.11 Å². The molecular weight excluding hydrogens is 430 g/mol. The molecule has 0 atom stereocenters. The Morgan fingerprint density at radius 1 is 0.882 bits per heavy atom. The number of fused-ring (bicyclic) bond motifs is 1. The third kappa shape index (κ3) is 5.10. The SMILES string of the molecule is COC(=O)CNC(=O)c1ccc(NC(=O)c2cc(-c3ccc(C)cc3)nc3ccccc23)cc1. The fraction of sp³-hybridized carbons (Fsp3) is 0.111. The Labute approximate surface area is 196 Å². The zero-order chi connectivity index (χ0) is 24.1. The Hall–Kier alpha value is -4.52. The number of esters is 1. The first kappa shape index (κ1) is 22.7. The zero-order valence-corrected chi connectivity index (χ0v) is 18.8. The van der Waals surface area contributed by atoms with E-state index in [1.807, 2.05) is 55.5 Å². The van der Waals surface area contributed by atoms with E-state index in [9.17, 15) is 14.4 Å². The molecular formula is C27H23N3O4. The number of nitrogens with zero attached hydrogens (tertiary/aromatic N) is 1. The number of methoxy groups -OCH3 is 1. The number of nitrogens with one attached hydrogen (secondary N) is 2. The monoisotopic (exact) mass is 453 g/mol. The van der Waals surface area contributed by atoms with E-state index >= 15 is 0 Å². The van der Waals surface area contributed by atoms with Gasteiger partial charge >= 0.3 is 5.97 Å². The van der Waals surface area contributed by atoms with Crippen LogP contribution in [0.1, 0.15) is 26.3 Å². The van der Waals surface area contributed by atoms with Crippen LogP contribution in [0, 0.1) is 6.92 Å². The van der Waals surface area contributed by atoms with Gasteiger partial charge in [-0.15, -0.1) is 0 Å². The second-order valence-corrected chi connectivity index (χ2v) is 7.73. The minimum absolute atomic E-state index is 0.216. The van der Waals surface area contributed by atoms with E-state index in [0.717, 1.165) is 22.0 Å². The summed E-state index contributed by atoms with van der Waals surface area (Å²) in [5.74, 6) is -1.23. The van der Waals surface area contributed by atoms with Crippen molar-refractivity contribution in [3.63, 3.8) is 0 Å². The van der Waals surface area contributed by atoms with Gasteiger partial charge in [-0.1, -0.05) is 48.0 Å². The molecule has 0 aliphatic rings. The van der Waals surface area contributed by atoms with E-state index < -0.39 is 11.9 Å². The van der Waals surface area contributed by atoms with Crippen molar-refractivity contribution in [3.8, 4) is 11.3 Å². The van der Waals surface area contributed by atoms with Gasteiger partial charge in [-0.2, -0.15) is 0 Å². The van der Waals surface area contributed by atoms with Crippen LogP contribution in [0.4, 0.5) is 5.69 Å². The van der Waals surface area contributed by atoms with Crippen LogP contribution in [0.5, 0.6) is 0 Å². The lowest BCUT2D eigenvalue weighted by Crippen LogP contribution is -2.30. The predicted octanol–water partition coefficient (Wildman–Crippen LogP) is 4.37. The quantitative estimate of drug-likeness (QED) is 0.423. The first-order valence-electron chi connectivity index (χ1n) is 10.7. The summed E-state index contributed by atoms with van der Waals surface area (Å²) in [6.07, 6.45) is 0. The Kier molecular flexibility index (Phi) is 6.64. The van der Waals surface area contributed by atoms with Crippen LogP contribution in [0.3, 0.4) is 0 Å². The summed E-state index contributed by atoms with van der Waals surface area (Å²) in [6.45, 7) is 1.80. The van der Waals surface area contributed by atoms with Crippen LogP contribution < -0.4 is 10.6 Å². The number of carbonyl (C=O) groups is 3. The lowest BCUT2D eigenvalue weighted by molar-refractivity contribution is -0.139. The van der Waals surface area contributed by atoms with Gasteiger partial charge < -0.3 is 15.4 Å². The minimum atomic E-state index is -0.535. The number of aryl methyl sites for hydroxylation is 1. The number of aromatic nitrogens is 1. The van der Waals surface area contributed by atoms with Gasteiger partial charge in [-0.05, 0) is 43.3 Å². The van der Waals surface area contributed by atoms with Gasteiger partial charge in [-0.3, -0.25) is 14.4 Å². The maximum absolute atomic E-state index is 13.2. The molecule has 7 nitrogen and oxygen atoms in total. The third-order valence-corrected chi connectivity index (χ3v) is 5.33. The number of hydrogen-bond acceptors (Lipinski definition) is 5. The number of rotatable bonds is 6. The van der Waals surface area contributed by atoms with Crippen molar-refractivity contribution in [2.24, 2.45) is 0 Å². The summed E-state index contributed by atoms with van der Waals surface area (Å²) in [4.78, 5) is 41.3. The number of benzene rings is 3. The van der Waals surface area contributed by atoms with Gasteiger partial charge in [0, 0.05) is 22.2 Å². The Balaban J connectivity index is 1.57.